The summed E-state index contributed by atoms with van der Waals surface area (Å²) in [6.45, 7) is 4.80. The second-order valence-electron chi connectivity index (χ2n) is 4.21. The molecule has 3 heteroatoms. The van der Waals surface area contributed by atoms with Crippen molar-refractivity contribution >= 4 is 0 Å². The van der Waals surface area contributed by atoms with Crippen LogP contribution in [0.4, 0.5) is 0 Å². The average Bonchev–Trinajstić information content (AvgIpc) is 2.78. The van der Waals surface area contributed by atoms with Crippen molar-refractivity contribution in [2.45, 2.75) is 12.8 Å². The van der Waals surface area contributed by atoms with Crippen molar-refractivity contribution in [3.8, 4) is 5.75 Å². The SMILES string of the molecule is CCOc1ccc([C@H]2CNC[C@H]2CO)cc1. The van der Waals surface area contributed by atoms with Gasteiger partial charge in [0.25, 0.3) is 0 Å². The second kappa shape index (κ2) is 5.32. The molecule has 2 N–H and O–H groups in total. The minimum absolute atomic E-state index is 0.255. The van der Waals surface area contributed by atoms with Gasteiger partial charge in [-0.25, -0.2) is 0 Å². The second-order valence-corrected chi connectivity index (χ2v) is 4.21. The Labute approximate surface area is 96.4 Å². The quantitative estimate of drug-likeness (QED) is 0.807. The molecule has 0 aliphatic carbocycles. The van der Waals surface area contributed by atoms with Crippen LogP contribution in [0, 0.1) is 5.92 Å². The van der Waals surface area contributed by atoms with Gasteiger partial charge in [0, 0.05) is 31.5 Å². The highest BCUT2D eigenvalue weighted by Gasteiger charge is 2.27. The number of rotatable bonds is 4. The molecular weight excluding hydrogens is 202 g/mol. The number of hydrogen-bond donors (Lipinski definition) is 2. The van der Waals surface area contributed by atoms with Crippen LogP contribution >= 0.6 is 0 Å². The van der Waals surface area contributed by atoms with Crippen LogP contribution in [0.3, 0.4) is 0 Å². The van der Waals surface area contributed by atoms with Crippen LogP contribution in [0.25, 0.3) is 0 Å². The first-order chi connectivity index (χ1) is 7.85. The van der Waals surface area contributed by atoms with Crippen LogP contribution in [-0.4, -0.2) is 31.4 Å². The van der Waals surface area contributed by atoms with Crippen molar-refractivity contribution in [3.63, 3.8) is 0 Å². The molecule has 1 aromatic rings. The summed E-state index contributed by atoms with van der Waals surface area (Å²) in [6.07, 6.45) is 0. The lowest BCUT2D eigenvalue weighted by molar-refractivity contribution is 0.226. The molecule has 88 valence electrons. The molecule has 1 saturated heterocycles. The Morgan fingerprint density at radius 2 is 2.06 bits per heavy atom. The van der Waals surface area contributed by atoms with Gasteiger partial charge in [0.15, 0.2) is 0 Å². The third-order valence-corrected chi connectivity index (χ3v) is 3.19. The highest BCUT2D eigenvalue weighted by atomic mass is 16.5. The first-order valence-corrected chi connectivity index (χ1v) is 5.89. The largest absolute Gasteiger partial charge is 0.494 e. The van der Waals surface area contributed by atoms with E-state index in [4.69, 9.17) is 4.74 Å². The Kier molecular flexibility index (Phi) is 3.80. The third-order valence-electron chi connectivity index (χ3n) is 3.19. The van der Waals surface area contributed by atoms with E-state index >= 15 is 0 Å². The van der Waals surface area contributed by atoms with Gasteiger partial charge in [-0.1, -0.05) is 12.1 Å². The Morgan fingerprint density at radius 1 is 1.31 bits per heavy atom. The Balaban J connectivity index is 2.08. The van der Waals surface area contributed by atoms with Crippen LogP contribution in [0.5, 0.6) is 5.75 Å². The molecule has 2 rings (SSSR count). The molecule has 1 aliphatic heterocycles. The zero-order valence-electron chi connectivity index (χ0n) is 9.65. The maximum atomic E-state index is 9.27. The van der Waals surface area contributed by atoms with Crippen LogP contribution in [0.15, 0.2) is 24.3 Å². The van der Waals surface area contributed by atoms with Gasteiger partial charge in [0.1, 0.15) is 5.75 Å². The first kappa shape index (κ1) is 11.4. The van der Waals surface area contributed by atoms with E-state index in [1.165, 1.54) is 5.56 Å². The van der Waals surface area contributed by atoms with E-state index in [9.17, 15) is 5.11 Å². The van der Waals surface area contributed by atoms with Gasteiger partial charge in [0.2, 0.25) is 0 Å². The van der Waals surface area contributed by atoms with Crippen LogP contribution < -0.4 is 10.1 Å². The topological polar surface area (TPSA) is 41.5 Å². The van der Waals surface area contributed by atoms with Gasteiger partial charge >= 0.3 is 0 Å². The Hall–Kier alpha value is -1.06. The van der Waals surface area contributed by atoms with Crippen molar-refractivity contribution in [2.75, 3.05) is 26.3 Å². The number of ether oxygens (including phenoxy) is 1. The van der Waals surface area contributed by atoms with Gasteiger partial charge < -0.3 is 15.2 Å². The molecule has 1 aromatic carbocycles. The monoisotopic (exact) mass is 221 g/mol. The summed E-state index contributed by atoms with van der Waals surface area (Å²) in [5.74, 6) is 1.69. The standard InChI is InChI=1S/C13H19NO2/c1-2-16-12-5-3-10(4-6-12)13-8-14-7-11(13)9-15/h3-6,11,13-15H,2,7-9H2,1H3/t11-,13+/m0/s1. The highest BCUT2D eigenvalue weighted by molar-refractivity contribution is 5.30. The van der Waals surface area contributed by atoms with E-state index in [-0.39, 0.29) is 6.61 Å². The molecular formula is C13H19NO2. The summed E-state index contributed by atoms with van der Waals surface area (Å²) in [5, 5.41) is 12.6. The minimum Gasteiger partial charge on any atom is -0.494 e. The fourth-order valence-electron chi connectivity index (χ4n) is 2.29. The molecule has 16 heavy (non-hydrogen) atoms. The molecule has 1 heterocycles. The van der Waals surface area contributed by atoms with E-state index in [0.717, 1.165) is 18.8 Å². The van der Waals surface area contributed by atoms with Crippen LogP contribution in [0.1, 0.15) is 18.4 Å². The van der Waals surface area contributed by atoms with E-state index in [1.807, 2.05) is 19.1 Å². The molecule has 0 amide bonds. The molecule has 1 fully saturated rings. The van der Waals surface area contributed by atoms with Gasteiger partial charge in [-0.3, -0.25) is 0 Å². The van der Waals surface area contributed by atoms with Crippen molar-refractivity contribution < 1.29 is 9.84 Å². The molecule has 0 radical (unpaired) electrons. The Morgan fingerprint density at radius 3 is 2.69 bits per heavy atom. The number of aliphatic hydroxyl groups excluding tert-OH is 1. The molecule has 0 bridgehead atoms. The van der Waals surface area contributed by atoms with Crippen LogP contribution in [0.2, 0.25) is 0 Å². The lowest BCUT2D eigenvalue weighted by Crippen LogP contribution is -2.14. The summed E-state index contributed by atoms with van der Waals surface area (Å²) in [6, 6.07) is 8.22. The van der Waals surface area contributed by atoms with Gasteiger partial charge in [0.05, 0.1) is 6.61 Å². The first-order valence-electron chi connectivity index (χ1n) is 5.89. The summed E-state index contributed by atoms with van der Waals surface area (Å²) in [4.78, 5) is 0. The van der Waals surface area contributed by atoms with Crippen molar-refractivity contribution in [1.82, 2.24) is 5.32 Å². The predicted molar refractivity (Wildman–Crippen MR) is 63.8 cm³/mol. The fraction of sp³-hybridized carbons (Fsp3) is 0.538. The molecule has 0 aromatic heterocycles. The molecule has 0 saturated carbocycles. The normalized spacial score (nSPS) is 24.6. The zero-order valence-corrected chi connectivity index (χ0v) is 9.65. The van der Waals surface area contributed by atoms with E-state index < -0.39 is 0 Å². The molecule has 1 aliphatic rings. The van der Waals surface area contributed by atoms with E-state index in [2.05, 4.69) is 17.4 Å². The number of hydrogen-bond acceptors (Lipinski definition) is 3. The van der Waals surface area contributed by atoms with E-state index in [1.54, 1.807) is 0 Å². The Bertz CT molecular complexity index is 323. The highest BCUT2D eigenvalue weighted by Crippen LogP contribution is 2.28. The van der Waals surface area contributed by atoms with Crippen molar-refractivity contribution in [3.05, 3.63) is 29.8 Å². The molecule has 0 unspecified atom stereocenters. The summed E-state index contributed by atoms with van der Waals surface area (Å²) < 4.78 is 5.41. The predicted octanol–water partition coefficient (Wildman–Crippen LogP) is 1.38. The number of nitrogens with one attached hydrogen (secondary N) is 1. The minimum atomic E-state index is 0.255. The maximum absolute atomic E-state index is 9.27. The average molecular weight is 221 g/mol. The van der Waals surface area contributed by atoms with Gasteiger partial charge in [-0.2, -0.15) is 0 Å². The smallest absolute Gasteiger partial charge is 0.119 e. The van der Waals surface area contributed by atoms with Crippen molar-refractivity contribution in [2.24, 2.45) is 5.92 Å². The third kappa shape index (κ3) is 2.36. The number of benzene rings is 1. The summed E-state index contributed by atoms with van der Waals surface area (Å²) in [7, 11) is 0. The molecule has 0 spiro atoms. The summed E-state index contributed by atoms with van der Waals surface area (Å²) in [5.41, 5.74) is 1.28. The summed E-state index contributed by atoms with van der Waals surface area (Å²) >= 11 is 0. The van der Waals surface area contributed by atoms with Gasteiger partial charge in [-0.15, -0.1) is 0 Å². The fourth-order valence-corrected chi connectivity index (χ4v) is 2.29. The van der Waals surface area contributed by atoms with Crippen molar-refractivity contribution in [1.29, 1.82) is 0 Å². The maximum Gasteiger partial charge on any atom is 0.119 e. The van der Waals surface area contributed by atoms with Crippen LogP contribution in [-0.2, 0) is 0 Å². The molecule has 3 nitrogen and oxygen atoms in total. The number of aliphatic hydroxyl groups is 1. The lowest BCUT2D eigenvalue weighted by Gasteiger charge is -2.16. The lowest BCUT2D eigenvalue weighted by atomic mass is 9.89. The zero-order chi connectivity index (χ0) is 11.4. The van der Waals surface area contributed by atoms with E-state index in [0.29, 0.717) is 18.4 Å². The van der Waals surface area contributed by atoms with Gasteiger partial charge in [-0.05, 0) is 24.6 Å². The molecule has 2 atom stereocenters.